The summed E-state index contributed by atoms with van der Waals surface area (Å²) in [6.45, 7) is 1.12. The Kier molecular flexibility index (Phi) is 5.88. The van der Waals surface area contributed by atoms with Gasteiger partial charge in [0.15, 0.2) is 12.4 Å². The predicted molar refractivity (Wildman–Crippen MR) is 108 cm³/mol. The zero-order chi connectivity index (χ0) is 20.9. The molecule has 4 rings (SSSR count). The number of esters is 1. The number of hydrogen-bond acceptors (Lipinski definition) is 5. The third-order valence-electron chi connectivity index (χ3n) is 5.05. The summed E-state index contributed by atoms with van der Waals surface area (Å²) in [5.41, 5.74) is 1.39. The molecule has 1 amide bonds. The third-order valence-corrected chi connectivity index (χ3v) is 5.05. The van der Waals surface area contributed by atoms with E-state index in [-0.39, 0.29) is 29.8 Å². The lowest BCUT2D eigenvalue weighted by Gasteiger charge is -2.26. The summed E-state index contributed by atoms with van der Waals surface area (Å²) in [5, 5.41) is 0. The summed E-state index contributed by atoms with van der Waals surface area (Å²) in [7, 11) is 0. The molecule has 0 radical (unpaired) electrons. The second kappa shape index (κ2) is 8.90. The summed E-state index contributed by atoms with van der Waals surface area (Å²) in [5.74, 6) is -0.448. The van der Waals surface area contributed by atoms with Gasteiger partial charge in [0.25, 0.3) is 5.91 Å². The molecular formula is C23H21FN2O4. The molecule has 1 aromatic heterocycles. The van der Waals surface area contributed by atoms with Gasteiger partial charge in [-0.05, 0) is 55.7 Å². The first-order valence-electron chi connectivity index (χ1n) is 9.88. The van der Waals surface area contributed by atoms with Crippen molar-refractivity contribution < 1.29 is 23.1 Å². The van der Waals surface area contributed by atoms with E-state index in [4.69, 9.17) is 9.15 Å². The van der Waals surface area contributed by atoms with Gasteiger partial charge in [0, 0.05) is 18.7 Å². The van der Waals surface area contributed by atoms with Gasteiger partial charge in [-0.3, -0.25) is 4.79 Å². The summed E-state index contributed by atoms with van der Waals surface area (Å²) in [6.07, 6.45) is 4.59. The van der Waals surface area contributed by atoms with E-state index in [0.717, 1.165) is 19.3 Å². The van der Waals surface area contributed by atoms with Gasteiger partial charge in [0.05, 0.1) is 17.3 Å². The number of rotatable bonds is 5. The fourth-order valence-electron chi connectivity index (χ4n) is 3.43. The molecule has 0 bridgehead atoms. The first-order chi connectivity index (χ1) is 14.6. The lowest BCUT2D eigenvalue weighted by atomic mass is 10.1. The number of benzene rings is 2. The smallest absolute Gasteiger partial charge is 0.339 e. The molecule has 0 unspecified atom stereocenters. The van der Waals surface area contributed by atoms with E-state index in [0.29, 0.717) is 30.0 Å². The minimum Gasteiger partial charge on any atom is -0.452 e. The highest BCUT2D eigenvalue weighted by Gasteiger charge is 2.21. The number of aromatic nitrogens is 1. The molecule has 0 aliphatic carbocycles. The van der Waals surface area contributed by atoms with Crippen LogP contribution < -0.4 is 0 Å². The van der Waals surface area contributed by atoms with Crippen LogP contribution in [-0.2, 0) is 9.53 Å². The Balaban J connectivity index is 1.49. The highest BCUT2D eigenvalue weighted by Crippen LogP contribution is 2.28. The van der Waals surface area contributed by atoms with E-state index in [1.807, 2.05) is 0 Å². The number of ether oxygens (including phenoxy) is 1. The van der Waals surface area contributed by atoms with Crippen molar-refractivity contribution in [2.24, 2.45) is 0 Å². The molecule has 0 saturated carbocycles. The van der Waals surface area contributed by atoms with Crippen LogP contribution in [0, 0.1) is 5.82 Å². The predicted octanol–water partition coefficient (Wildman–Crippen LogP) is 4.32. The standard InChI is InChI=1S/C23H21FN2O4/c24-17-10-8-16(9-11-17)20-14-25-22(30-20)18-6-2-3-7-19(18)23(28)29-15-21(27)26-12-4-1-5-13-26/h2-3,6-11,14H,1,4-5,12-13,15H2. The SMILES string of the molecule is O=C(OCC(=O)N1CCCCC1)c1ccccc1-c1ncc(-c2ccc(F)cc2)o1. The highest BCUT2D eigenvalue weighted by atomic mass is 19.1. The topological polar surface area (TPSA) is 72.6 Å². The van der Waals surface area contributed by atoms with E-state index >= 15 is 0 Å². The van der Waals surface area contributed by atoms with Crippen LogP contribution in [0.5, 0.6) is 0 Å². The van der Waals surface area contributed by atoms with Crippen molar-refractivity contribution in [2.45, 2.75) is 19.3 Å². The van der Waals surface area contributed by atoms with E-state index in [2.05, 4.69) is 4.98 Å². The fraction of sp³-hybridized carbons (Fsp3) is 0.261. The maximum absolute atomic E-state index is 13.1. The van der Waals surface area contributed by atoms with Crippen molar-refractivity contribution in [1.82, 2.24) is 9.88 Å². The zero-order valence-electron chi connectivity index (χ0n) is 16.3. The monoisotopic (exact) mass is 408 g/mol. The number of carbonyl (C=O) groups is 2. The Morgan fingerprint density at radius 3 is 2.53 bits per heavy atom. The first-order valence-corrected chi connectivity index (χ1v) is 9.88. The second-order valence-electron chi connectivity index (χ2n) is 7.10. The molecule has 3 aromatic rings. The molecule has 1 aliphatic heterocycles. The van der Waals surface area contributed by atoms with E-state index < -0.39 is 5.97 Å². The molecular weight excluding hydrogens is 387 g/mol. The maximum Gasteiger partial charge on any atom is 0.339 e. The molecule has 30 heavy (non-hydrogen) atoms. The van der Waals surface area contributed by atoms with Crippen LogP contribution in [0.15, 0.2) is 59.1 Å². The van der Waals surface area contributed by atoms with Crippen LogP contribution in [0.4, 0.5) is 4.39 Å². The van der Waals surface area contributed by atoms with Gasteiger partial charge in [-0.25, -0.2) is 14.2 Å². The summed E-state index contributed by atoms with van der Waals surface area (Å²) < 4.78 is 24.2. The normalized spacial score (nSPS) is 13.8. The molecule has 2 heterocycles. The van der Waals surface area contributed by atoms with Gasteiger partial charge >= 0.3 is 5.97 Å². The molecule has 1 fully saturated rings. The lowest BCUT2D eigenvalue weighted by Crippen LogP contribution is -2.38. The van der Waals surface area contributed by atoms with Crippen LogP contribution >= 0.6 is 0 Å². The molecule has 2 aromatic carbocycles. The second-order valence-corrected chi connectivity index (χ2v) is 7.10. The number of piperidine rings is 1. The van der Waals surface area contributed by atoms with Gasteiger partial charge in [-0.1, -0.05) is 12.1 Å². The number of oxazole rings is 1. The fourth-order valence-corrected chi connectivity index (χ4v) is 3.43. The molecule has 1 saturated heterocycles. The number of amides is 1. The number of likely N-dealkylation sites (tertiary alicyclic amines) is 1. The quantitative estimate of drug-likeness (QED) is 0.588. The zero-order valence-corrected chi connectivity index (χ0v) is 16.3. The van der Waals surface area contributed by atoms with Crippen LogP contribution in [0.3, 0.4) is 0 Å². The summed E-state index contributed by atoms with van der Waals surface area (Å²) in [4.78, 5) is 30.9. The number of hydrogen-bond donors (Lipinski definition) is 0. The molecule has 6 nitrogen and oxygen atoms in total. The Morgan fingerprint density at radius 2 is 1.77 bits per heavy atom. The minimum absolute atomic E-state index is 0.185. The van der Waals surface area contributed by atoms with Crippen molar-refractivity contribution >= 4 is 11.9 Å². The average molecular weight is 408 g/mol. The Morgan fingerprint density at radius 1 is 1.03 bits per heavy atom. The molecule has 0 atom stereocenters. The van der Waals surface area contributed by atoms with Crippen LogP contribution in [0.1, 0.15) is 29.6 Å². The molecule has 0 spiro atoms. The molecule has 7 heteroatoms. The van der Waals surface area contributed by atoms with Crippen molar-refractivity contribution in [3.63, 3.8) is 0 Å². The Hall–Kier alpha value is -3.48. The summed E-state index contributed by atoms with van der Waals surface area (Å²) in [6, 6.07) is 12.6. The van der Waals surface area contributed by atoms with Crippen molar-refractivity contribution in [1.29, 1.82) is 0 Å². The molecule has 1 aliphatic rings. The van der Waals surface area contributed by atoms with Crippen LogP contribution in [-0.4, -0.2) is 41.5 Å². The van der Waals surface area contributed by atoms with E-state index in [9.17, 15) is 14.0 Å². The Labute approximate surface area is 173 Å². The van der Waals surface area contributed by atoms with Gasteiger partial charge in [-0.15, -0.1) is 0 Å². The van der Waals surface area contributed by atoms with Gasteiger partial charge in [0.2, 0.25) is 5.89 Å². The maximum atomic E-state index is 13.1. The van der Waals surface area contributed by atoms with Crippen LogP contribution in [0.2, 0.25) is 0 Å². The lowest BCUT2D eigenvalue weighted by molar-refractivity contribution is -0.135. The molecule has 154 valence electrons. The Bertz CT molecular complexity index is 1040. The molecule has 0 N–H and O–H groups in total. The van der Waals surface area contributed by atoms with Crippen LogP contribution in [0.25, 0.3) is 22.8 Å². The van der Waals surface area contributed by atoms with Gasteiger partial charge in [0.1, 0.15) is 5.82 Å². The first kappa shape index (κ1) is 19.8. The number of halogens is 1. The highest BCUT2D eigenvalue weighted by molar-refractivity contribution is 5.97. The van der Waals surface area contributed by atoms with Gasteiger partial charge < -0.3 is 14.1 Å². The summed E-state index contributed by atoms with van der Waals surface area (Å²) >= 11 is 0. The van der Waals surface area contributed by atoms with E-state index in [1.54, 1.807) is 41.3 Å². The number of nitrogens with zero attached hydrogens (tertiary/aromatic N) is 2. The van der Waals surface area contributed by atoms with E-state index in [1.165, 1.54) is 18.3 Å². The van der Waals surface area contributed by atoms with Crippen molar-refractivity contribution in [3.05, 3.63) is 66.1 Å². The largest absolute Gasteiger partial charge is 0.452 e. The van der Waals surface area contributed by atoms with Crippen molar-refractivity contribution in [3.8, 4) is 22.8 Å². The van der Waals surface area contributed by atoms with Crippen molar-refractivity contribution in [2.75, 3.05) is 19.7 Å². The third kappa shape index (κ3) is 4.40. The minimum atomic E-state index is -0.613. The van der Waals surface area contributed by atoms with Gasteiger partial charge in [-0.2, -0.15) is 0 Å². The average Bonchev–Trinajstić information content (AvgIpc) is 3.28. The number of carbonyl (C=O) groups excluding carboxylic acids is 2.